The Morgan fingerprint density at radius 2 is 1.60 bits per heavy atom. The second-order valence-corrected chi connectivity index (χ2v) is 4.24. The second-order valence-electron chi connectivity index (χ2n) is 4.03. The van der Waals surface area contributed by atoms with Crippen LogP contribution in [-0.2, 0) is 0 Å². The smallest absolute Gasteiger partial charge is 0.263 e. The van der Waals surface area contributed by atoms with Gasteiger partial charge in [-0.25, -0.2) is 0 Å². The molecule has 2 amide bonds. The number of rotatable bonds is 4. The minimum absolute atomic E-state index is 0.248. The molecule has 2 rings (SSSR count). The lowest BCUT2D eigenvalue weighted by Crippen LogP contribution is -2.30. The Morgan fingerprint density at radius 3 is 2.20 bits per heavy atom. The average Bonchev–Trinajstić information content (AvgIpc) is 2.49. The van der Waals surface area contributed by atoms with Crippen LogP contribution in [0.3, 0.4) is 0 Å². The van der Waals surface area contributed by atoms with Gasteiger partial charge in [0.05, 0.1) is 16.7 Å². The summed E-state index contributed by atoms with van der Waals surface area (Å²) in [5, 5.41) is 0. The van der Waals surface area contributed by atoms with Gasteiger partial charge in [-0.05, 0) is 24.3 Å². The van der Waals surface area contributed by atoms with Gasteiger partial charge in [-0.2, -0.15) is 0 Å². The first-order valence-corrected chi connectivity index (χ1v) is 6.35. The summed E-state index contributed by atoms with van der Waals surface area (Å²) < 4.78 is 0. The standard InChI is InChI=1S/C15H12N2O2S/c16-14(18)12-8-4-5-9-13(12)17(10-20)15(19)11-6-2-1-3-7-11/h1-10H,(H2,16,18). The number of hydrogen-bond acceptors (Lipinski definition) is 3. The Kier molecular flexibility index (Phi) is 4.22. The van der Waals surface area contributed by atoms with Gasteiger partial charge in [-0.3, -0.25) is 14.5 Å². The van der Waals surface area contributed by atoms with Crippen molar-refractivity contribution in [2.24, 2.45) is 5.73 Å². The Balaban J connectivity index is 2.46. The Morgan fingerprint density at radius 1 is 1.00 bits per heavy atom. The molecule has 0 aliphatic rings. The fourth-order valence-corrected chi connectivity index (χ4v) is 2.04. The van der Waals surface area contributed by atoms with E-state index in [0.29, 0.717) is 11.3 Å². The third kappa shape index (κ3) is 2.73. The van der Waals surface area contributed by atoms with Gasteiger partial charge in [0.15, 0.2) is 0 Å². The molecule has 0 atom stereocenters. The number of anilines is 1. The Labute approximate surface area is 121 Å². The topological polar surface area (TPSA) is 63.4 Å². The Hall–Kier alpha value is -2.53. The van der Waals surface area contributed by atoms with Gasteiger partial charge in [0.2, 0.25) is 0 Å². The van der Waals surface area contributed by atoms with Crippen LogP contribution in [0.5, 0.6) is 0 Å². The molecule has 0 aliphatic carbocycles. The molecule has 100 valence electrons. The number of primary amides is 1. The van der Waals surface area contributed by atoms with Crippen molar-refractivity contribution in [1.29, 1.82) is 0 Å². The number of nitrogens with zero attached hydrogens (tertiary/aromatic N) is 1. The van der Waals surface area contributed by atoms with Crippen molar-refractivity contribution in [3.8, 4) is 0 Å². The molecule has 0 aliphatic heterocycles. The zero-order valence-electron chi connectivity index (χ0n) is 10.5. The molecule has 5 heteroatoms. The van der Waals surface area contributed by atoms with Gasteiger partial charge >= 0.3 is 0 Å². The van der Waals surface area contributed by atoms with E-state index < -0.39 is 5.91 Å². The van der Waals surface area contributed by atoms with E-state index in [1.165, 1.54) is 10.4 Å². The van der Waals surface area contributed by atoms with Crippen LogP contribution in [0.4, 0.5) is 5.69 Å². The zero-order chi connectivity index (χ0) is 14.5. The summed E-state index contributed by atoms with van der Waals surface area (Å²) in [7, 11) is 0. The molecular formula is C15H12N2O2S. The van der Waals surface area contributed by atoms with Crippen LogP contribution in [0.25, 0.3) is 0 Å². The lowest BCUT2D eigenvalue weighted by molar-refractivity contribution is 0.100. The SMILES string of the molecule is NC(=O)c1ccccc1N(C=S)C(=O)c1ccccc1. The van der Waals surface area contributed by atoms with E-state index in [-0.39, 0.29) is 11.5 Å². The summed E-state index contributed by atoms with van der Waals surface area (Å²) in [6, 6.07) is 15.3. The average molecular weight is 284 g/mol. The number of nitrogens with two attached hydrogens (primary N) is 1. The molecule has 0 saturated heterocycles. The molecule has 2 aromatic carbocycles. The normalized spacial score (nSPS) is 9.80. The van der Waals surface area contributed by atoms with E-state index >= 15 is 0 Å². The molecule has 0 heterocycles. The first-order chi connectivity index (χ1) is 9.65. The number of para-hydroxylation sites is 1. The summed E-state index contributed by atoms with van der Waals surface area (Å²) in [5.41, 5.74) is 7.63. The van der Waals surface area contributed by atoms with Gasteiger partial charge in [-0.1, -0.05) is 42.5 Å². The molecule has 0 radical (unpaired) electrons. The van der Waals surface area contributed by atoms with E-state index in [1.807, 2.05) is 6.07 Å². The summed E-state index contributed by atoms with van der Waals surface area (Å²) in [5.74, 6) is -0.919. The quantitative estimate of drug-likeness (QED) is 0.877. The molecular weight excluding hydrogens is 272 g/mol. The fourth-order valence-electron chi connectivity index (χ4n) is 1.83. The van der Waals surface area contributed by atoms with Crippen LogP contribution >= 0.6 is 12.2 Å². The van der Waals surface area contributed by atoms with Gasteiger partial charge in [0.25, 0.3) is 11.8 Å². The van der Waals surface area contributed by atoms with Crippen LogP contribution in [0, 0.1) is 0 Å². The van der Waals surface area contributed by atoms with E-state index in [4.69, 9.17) is 18.0 Å². The summed E-state index contributed by atoms with van der Waals surface area (Å²) in [6.07, 6.45) is 0. The van der Waals surface area contributed by atoms with Crippen LogP contribution in [0.15, 0.2) is 54.6 Å². The van der Waals surface area contributed by atoms with Crippen LogP contribution in [0.1, 0.15) is 20.7 Å². The fraction of sp³-hybridized carbons (Fsp3) is 0. The number of carbonyl (C=O) groups excluding carboxylic acids is 2. The Bertz CT molecular complexity index is 656. The first kappa shape index (κ1) is 13.9. The largest absolute Gasteiger partial charge is 0.366 e. The van der Waals surface area contributed by atoms with Crippen molar-refractivity contribution in [2.75, 3.05) is 4.90 Å². The minimum Gasteiger partial charge on any atom is -0.366 e. The summed E-state index contributed by atoms with van der Waals surface area (Å²) in [6.45, 7) is 0. The lowest BCUT2D eigenvalue weighted by atomic mass is 10.1. The van der Waals surface area contributed by atoms with Gasteiger partial charge in [-0.15, -0.1) is 0 Å². The summed E-state index contributed by atoms with van der Waals surface area (Å²) >= 11 is 4.91. The summed E-state index contributed by atoms with van der Waals surface area (Å²) in [4.78, 5) is 25.1. The van der Waals surface area contributed by atoms with Crippen LogP contribution < -0.4 is 10.6 Å². The van der Waals surface area contributed by atoms with Crippen molar-refractivity contribution in [3.63, 3.8) is 0 Å². The van der Waals surface area contributed by atoms with E-state index in [9.17, 15) is 9.59 Å². The number of carbonyl (C=O) groups is 2. The third-order valence-electron chi connectivity index (χ3n) is 2.77. The molecule has 4 nitrogen and oxygen atoms in total. The van der Waals surface area contributed by atoms with E-state index in [0.717, 1.165) is 0 Å². The molecule has 2 aromatic rings. The highest BCUT2D eigenvalue weighted by molar-refractivity contribution is 7.79. The highest BCUT2D eigenvalue weighted by Gasteiger charge is 2.19. The predicted molar refractivity (Wildman–Crippen MR) is 81.9 cm³/mol. The highest BCUT2D eigenvalue weighted by Crippen LogP contribution is 2.21. The van der Waals surface area contributed by atoms with Gasteiger partial charge in [0, 0.05) is 5.56 Å². The molecule has 0 bridgehead atoms. The van der Waals surface area contributed by atoms with Gasteiger partial charge in [0.1, 0.15) is 0 Å². The molecule has 0 spiro atoms. The predicted octanol–water partition coefficient (Wildman–Crippen LogP) is 2.39. The number of hydrogen-bond donors (Lipinski definition) is 1. The second kappa shape index (κ2) is 6.08. The van der Waals surface area contributed by atoms with Crippen LogP contribution in [-0.4, -0.2) is 17.3 Å². The van der Waals surface area contributed by atoms with Crippen molar-refractivity contribution in [3.05, 3.63) is 65.7 Å². The monoisotopic (exact) mass is 284 g/mol. The zero-order valence-corrected chi connectivity index (χ0v) is 11.3. The third-order valence-corrected chi connectivity index (χ3v) is 2.98. The lowest BCUT2D eigenvalue weighted by Gasteiger charge is -2.19. The van der Waals surface area contributed by atoms with E-state index in [2.05, 4.69) is 0 Å². The number of benzene rings is 2. The highest BCUT2D eigenvalue weighted by atomic mass is 32.1. The maximum Gasteiger partial charge on any atom is 0.263 e. The molecule has 0 unspecified atom stereocenters. The van der Waals surface area contributed by atoms with Crippen molar-refractivity contribution >= 4 is 35.2 Å². The minimum atomic E-state index is -0.608. The first-order valence-electron chi connectivity index (χ1n) is 5.88. The van der Waals surface area contributed by atoms with Crippen LogP contribution in [0.2, 0.25) is 0 Å². The van der Waals surface area contributed by atoms with Gasteiger partial charge < -0.3 is 5.73 Å². The maximum atomic E-state index is 12.4. The van der Waals surface area contributed by atoms with Crippen molar-refractivity contribution in [2.45, 2.75) is 0 Å². The molecule has 0 saturated carbocycles. The van der Waals surface area contributed by atoms with E-state index in [1.54, 1.807) is 48.5 Å². The molecule has 20 heavy (non-hydrogen) atoms. The molecule has 2 N–H and O–H groups in total. The number of thiocarbonyl (C=S) groups is 1. The maximum absolute atomic E-state index is 12.4. The van der Waals surface area contributed by atoms with Crippen molar-refractivity contribution in [1.82, 2.24) is 0 Å². The molecule has 0 aromatic heterocycles. The van der Waals surface area contributed by atoms with Crippen molar-refractivity contribution < 1.29 is 9.59 Å². The number of amides is 2. The molecule has 0 fully saturated rings.